The minimum atomic E-state index is -3.16. The van der Waals surface area contributed by atoms with Gasteiger partial charge in [-0.15, -0.1) is 24.0 Å². The molecule has 1 saturated heterocycles. The molecule has 0 spiro atoms. The summed E-state index contributed by atoms with van der Waals surface area (Å²) in [6.45, 7) is 2.25. The summed E-state index contributed by atoms with van der Waals surface area (Å²) in [6, 6.07) is 7.20. The predicted octanol–water partition coefficient (Wildman–Crippen LogP) is 2.21. The molecule has 1 aliphatic heterocycles. The first-order chi connectivity index (χ1) is 13.9. The Balaban J connectivity index is 0.00000320. The molecule has 2 aliphatic rings. The lowest BCUT2D eigenvalue weighted by atomic mass is 10.1. The van der Waals surface area contributed by atoms with E-state index in [4.69, 9.17) is 0 Å². The first-order valence-electron chi connectivity index (χ1n) is 10.4. The van der Waals surface area contributed by atoms with Gasteiger partial charge in [0.2, 0.25) is 5.91 Å². The van der Waals surface area contributed by atoms with Gasteiger partial charge in [0.05, 0.1) is 4.90 Å². The molecule has 3 rings (SSSR count). The molecule has 0 radical (unpaired) electrons. The van der Waals surface area contributed by atoms with Gasteiger partial charge in [0.1, 0.15) is 0 Å². The summed E-state index contributed by atoms with van der Waals surface area (Å²) in [4.78, 5) is 19.2. The van der Waals surface area contributed by atoms with Crippen molar-refractivity contribution >= 4 is 45.7 Å². The molecule has 0 bridgehead atoms. The van der Waals surface area contributed by atoms with Crippen molar-refractivity contribution in [3.63, 3.8) is 0 Å². The van der Waals surface area contributed by atoms with Crippen molar-refractivity contribution < 1.29 is 13.2 Å². The van der Waals surface area contributed by atoms with Gasteiger partial charge in [0.25, 0.3) is 0 Å². The number of hydrogen-bond donors (Lipinski definition) is 2. The molecule has 1 aliphatic carbocycles. The third kappa shape index (κ3) is 6.83. The summed E-state index contributed by atoms with van der Waals surface area (Å²) in [5.41, 5.74) is 1.06. The number of guanidine groups is 1. The first kappa shape index (κ1) is 24.9. The van der Waals surface area contributed by atoms with Gasteiger partial charge in [-0.2, -0.15) is 0 Å². The minimum Gasteiger partial charge on any atom is -0.356 e. The second-order valence-corrected chi connectivity index (χ2v) is 10.1. The first-order valence-corrected chi connectivity index (χ1v) is 12.3. The van der Waals surface area contributed by atoms with Crippen LogP contribution in [0.25, 0.3) is 0 Å². The lowest BCUT2D eigenvalue weighted by Crippen LogP contribution is -2.45. The zero-order chi connectivity index (χ0) is 20.9. The van der Waals surface area contributed by atoms with Crippen molar-refractivity contribution in [3.8, 4) is 0 Å². The molecular formula is C21H33IN4O3S. The average Bonchev–Trinajstić information content (AvgIpc) is 3.38. The topological polar surface area (TPSA) is 90.9 Å². The maximum absolute atomic E-state index is 12.6. The Kier molecular flexibility index (Phi) is 9.39. The Bertz CT molecular complexity index is 836. The Morgan fingerprint density at radius 1 is 1.17 bits per heavy atom. The van der Waals surface area contributed by atoms with E-state index in [9.17, 15) is 13.2 Å². The Labute approximate surface area is 197 Å². The highest BCUT2D eigenvalue weighted by Gasteiger charge is 2.32. The smallest absolute Gasteiger partial charge is 0.225 e. The normalized spacial score (nSPS) is 20.1. The van der Waals surface area contributed by atoms with Gasteiger partial charge in [-0.3, -0.25) is 9.79 Å². The highest BCUT2D eigenvalue weighted by molar-refractivity contribution is 14.0. The van der Waals surface area contributed by atoms with Crippen molar-refractivity contribution in [3.05, 3.63) is 29.8 Å². The van der Waals surface area contributed by atoms with Crippen LogP contribution in [0, 0.1) is 5.92 Å². The van der Waals surface area contributed by atoms with Gasteiger partial charge < -0.3 is 15.5 Å². The number of hydrogen-bond acceptors (Lipinski definition) is 4. The summed E-state index contributed by atoms with van der Waals surface area (Å²) in [5.74, 6) is 1.30. The molecule has 1 aromatic rings. The van der Waals surface area contributed by atoms with E-state index in [1.807, 2.05) is 17.0 Å². The number of nitrogens with zero attached hydrogens (tertiary/aromatic N) is 2. The van der Waals surface area contributed by atoms with Gasteiger partial charge in [-0.05, 0) is 43.4 Å². The maximum Gasteiger partial charge on any atom is 0.225 e. The van der Waals surface area contributed by atoms with E-state index in [-0.39, 0.29) is 35.9 Å². The van der Waals surface area contributed by atoms with E-state index in [0.29, 0.717) is 17.3 Å². The fraction of sp³-hybridized carbons (Fsp3) is 0.619. The lowest BCUT2D eigenvalue weighted by molar-refractivity contribution is -0.134. The van der Waals surface area contributed by atoms with Crippen molar-refractivity contribution in [2.24, 2.45) is 10.9 Å². The fourth-order valence-electron chi connectivity index (χ4n) is 4.13. The molecule has 1 aromatic carbocycles. The van der Waals surface area contributed by atoms with E-state index in [2.05, 4.69) is 15.6 Å². The molecule has 1 saturated carbocycles. The van der Waals surface area contributed by atoms with E-state index >= 15 is 0 Å². The number of halogens is 1. The molecule has 7 nitrogen and oxygen atoms in total. The number of carbonyl (C=O) groups is 1. The van der Waals surface area contributed by atoms with Crippen molar-refractivity contribution in [1.82, 2.24) is 15.5 Å². The summed E-state index contributed by atoms with van der Waals surface area (Å²) >= 11 is 0. The molecule has 1 atom stereocenters. The minimum absolute atomic E-state index is 0. The van der Waals surface area contributed by atoms with E-state index in [1.165, 1.54) is 19.1 Å². The largest absolute Gasteiger partial charge is 0.356 e. The molecule has 1 heterocycles. The van der Waals surface area contributed by atoms with Gasteiger partial charge in [-0.25, -0.2) is 8.42 Å². The van der Waals surface area contributed by atoms with Crippen LogP contribution in [0.15, 0.2) is 34.2 Å². The van der Waals surface area contributed by atoms with Gasteiger partial charge in [0.15, 0.2) is 15.8 Å². The summed E-state index contributed by atoms with van der Waals surface area (Å²) in [6.07, 6.45) is 7.36. The van der Waals surface area contributed by atoms with Crippen LogP contribution in [0.3, 0.4) is 0 Å². The average molecular weight is 548 g/mol. The number of likely N-dealkylation sites (tertiary alicyclic amines) is 1. The van der Waals surface area contributed by atoms with Crippen LogP contribution in [0.1, 0.15) is 37.7 Å². The molecule has 1 unspecified atom stereocenters. The van der Waals surface area contributed by atoms with Crippen LogP contribution in [0.2, 0.25) is 0 Å². The van der Waals surface area contributed by atoms with Crippen LogP contribution in [0.5, 0.6) is 0 Å². The standard InChI is InChI=1S/C21H32N4O3S.HI/c1-22-21(23-13-11-16-7-9-19(10-8-16)29(2,27)28)24-18-12-14-25(15-18)20(26)17-5-3-4-6-17;/h7-10,17-18H,3-6,11-15H2,1-2H3,(H2,22,23,24);1H. The van der Waals surface area contributed by atoms with Gasteiger partial charge in [-0.1, -0.05) is 25.0 Å². The Hall–Kier alpha value is -1.36. The number of rotatable bonds is 6. The maximum atomic E-state index is 12.6. The molecule has 1 amide bonds. The third-order valence-corrected chi connectivity index (χ3v) is 6.95. The van der Waals surface area contributed by atoms with Crippen LogP contribution in [-0.4, -0.2) is 64.2 Å². The quantitative estimate of drug-likeness (QED) is 0.323. The second-order valence-electron chi connectivity index (χ2n) is 8.06. The van der Waals surface area contributed by atoms with E-state index in [1.54, 1.807) is 19.2 Å². The van der Waals surface area contributed by atoms with Crippen molar-refractivity contribution in [1.29, 1.82) is 0 Å². The summed E-state index contributed by atoms with van der Waals surface area (Å²) < 4.78 is 23.1. The summed E-state index contributed by atoms with van der Waals surface area (Å²) in [7, 11) is -1.42. The number of benzene rings is 1. The Morgan fingerprint density at radius 2 is 1.83 bits per heavy atom. The molecule has 168 valence electrons. The number of sulfone groups is 1. The molecule has 0 aromatic heterocycles. The second kappa shape index (κ2) is 11.3. The van der Waals surface area contributed by atoms with Crippen LogP contribution < -0.4 is 10.6 Å². The molecule has 2 N–H and O–H groups in total. The van der Waals surface area contributed by atoms with Crippen LogP contribution in [0.4, 0.5) is 0 Å². The number of nitrogens with one attached hydrogen (secondary N) is 2. The lowest BCUT2D eigenvalue weighted by Gasteiger charge is -2.21. The summed E-state index contributed by atoms with van der Waals surface area (Å²) in [5, 5.41) is 6.73. The third-order valence-electron chi connectivity index (χ3n) is 5.83. The Morgan fingerprint density at radius 3 is 2.43 bits per heavy atom. The van der Waals surface area contributed by atoms with E-state index in [0.717, 1.165) is 50.3 Å². The van der Waals surface area contributed by atoms with Gasteiger partial charge in [0, 0.05) is 44.9 Å². The molecule has 30 heavy (non-hydrogen) atoms. The predicted molar refractivity (Wildman–Crippen MR) is 130 cm³/mol. The number of amides is 1. The number of aliphatic imine (C=N–C) groups is 1. The SMILES string of the molecule is CN=C(NCCc1ccc(S(C)(=O)=O)cc1)NC1CCN(C(=O)C2CCCC2)C1.I. The zero-order valence-electron chi connectivity index (χ0n) is 17.8. The molecular weight excluding hydrogens is 515 g/mol. The monoisotopic (exact) mass is 548 g/mol. The fourth-order valence-corrected chi connectivity index (χ4v) is 4.76. The van der Waals surface area contributed by atoms with E-state index < -0.39 is 9.84 Å². The molecule has 9 heteroatoms. The number of carbonyl (C=O) groups excluding carboxylic acids is 1. The van der Waals surface area contributed by atoms with Crippen molar-refractivity contribution in [2.45, 2.75) is 49.5 Å². The van der Waals surface area contributed by atoms with Crippen LogP contribution >= 0.6 is 24.0 Å². The highest BCUT2D eigenvalue weighted by Crippen LogP contribution is 2.27. The van der Waals surface area contributed by atoms with Crippen LogP contribution in [-0.2, 0) is 21.1 Å². The highest BCUT2D eigenvalue weighted by atomic mass is 127. The van der Waals surface area contributed by atoms with Gasteiger partial charge >= 0.3 is 0 Å². The molecule has 2 fully saturated rings. The zero-order valence-corrected chi connectivity index (χ0v) is 20.9. The van der Waals surface area contributed by atoms with Crippen molar-refractivity contribution in [2.75, 3.05) is 32.9 Å².